The quantitative estimate of drug-likeness (QED) is 0.733. The third-order valence-corrected chi connectivity index (χ3v) is 8.23. The van der Waals surface area contributed by atoms with Crippen LogP contribution < -0.4 is 5.32 Å². The molecule has 9 heteroatoms. The number of nitrogens with one attached hydrogen (secondary N) is 1. The number of amides is 2. The second kappa shape index (κ2) is 7.70. The lowest BCUT2D eigenvalue weighted by Gasteiger charge is -2.44. The first kappa shape index (κ1) is 20.9. The van der Waals surface area contributed by atoms with Gasteiger partial charge in [-0.2, -0.15) is 0 Å². The van der Waals surface area contributed by atoms with Crippen molar-refractivity contribution >= 4 is 40.5 Å². The normalized spacial score (nSPS) is 26.1. The van der Waals surface area contributed by atoms with E-state index >= 15 is 0 Å². The maximum atomic E-state index is 12.8. The van der Waals surface area contributed by atoms with Gasteiger partial charge in [0.2, 0.25) is 0 Å². The van der Waals surface area contributed by atoms with E-state index in [4.69, 9.17) is 4.99 Å². The minimum atomic E-state index is -0.948. The van der Waals surface area contributed by atoms with Crippen LogP contribution in [0, 0.1) is 11.3 Å². The lowest BCUT2D eigenvalue weighted by molar-refractivity contribution is 0.0977. The minimum Gasteiger partial charge on any atom is -0.465 e. The number of aliphatic imine (C=N–C) groups is 1. The number of likely N-dealkylation sites (tertiary alicyclic amines) is 1. The van der Waals surface area contributed by atoms with E-state index in [-0.39, 0.29) is 29.0 Å². The molecule has 3 atom stereocenters. The van der Waals surface area contributed by atoms with Crippen molar-refractivity contribution < 1.29 is 14.7 Å². The Morgan fingerprint density at radius 1 is 1.23 bits per heavy atom. The maximum absolute atomic E-state index is 12.8. The van der Waals surface area contributed by atoms with Crippen LogP contribution >= 0.6 is 23.3 Å². The van der Waals surface area contributed by atoms with E-state index in [1.54, 1.807) is 18.3 Å². The first-order valence-corrected chi connectivity index (χ1v) is 11.4. The van der Waals surface area contributed by atoms with Crippen LogP contribution in [0.5, 0.6) is 0 Å². The van der Waals surface area contributed by atoms with Gasteiger partial charge < -0.3 is 15.3 Å². The highest BCUT2D eigenvalue weighted by Gasteiger charge is 2.58. The first-order chi connectivity index (χ1) is 14.2. The summed E-state index contributed by atoms with van der Waals surface area (Å²) in [5.74, 6) is -0.239. The summed E-state index contributed by atoms with van der Waals surface area (Å²) >= 11 is 2.87. The van der Waals surface area contributed by atoms with Crippen LogP contribution in [0.25, 0.3) is 0 Å². The molecule has 158 valence electrons. The number of thioether (sulfide) groups is 1. The SMILES string of the molecule is CC(C)(C)C1SC(NC(=O)c2ccccc2)=N[C@@]2(c3ccns3)CN(C(=O)O)C[C@@H]12. The van der Waals surface area contributed by atoms with Crippen molar-refractivity contribution in [2.24, 2.45) is 16.3 Å². The predicted molar refractivity (Wildman–Crippen MR) is 119 cm³/mol. The molecule has 2 N–H and O–H groups in total. The number of fused-ring (bicyclic) bond motifs is 1. The monoisotopic (exact) mass is 444 g/mol. The molecular weight excluding hydrogens is 420 g/mol. The summed E-state index contributed by atoms with van der Waals surface area (Å²) in [7, 11) is 0. The molecule has 1 unspecified atom stereocenters. The Labute approximate surface area is 183 Å². The molecule has 1 saturated heterocycles. The van der Waals surface area contributed by atoms with Crippen LogP contribution in [0.3, 0.4) is 0 Å². The van der Waals surface area contributed by atoms with Crippen LogP contribution in [0.1, 0.15) is 36.0 Å². The van der Waals surface area contributed by atoms with Crippen molar-refractivity contribution in [2.75, 3.05) is 13.1 Å². The highest BCUT2D eigenvalue weighted by Crippen LogP contribution is 2.54. The van der Waals surface area contributed by atoms with Crippen LogP contribution in [0.2, 0.25) is 0 Å². The fourth-order valence-corrected chi connectivity index (χ4v) is 6.45. The number of rotatable bonds is 2. The first-order valence-electron chi connectivity index (χ1n) is 9.73. The molecule has 0 spiro atoms. The Balaban J connectivity index is 1.78. The third-order valence-electron chi connectivity index (χ3n) is 5.61. The van der Waals surface area contributed by atoms with E-state index in [2.05, 4.69) is 30.5 Å². The number of carbonyl (C=O) groups is 2. The smallest absolute Gasteiger partial charge is 0.407 e. The Morgan fingerprint density at radius 3 is 2.57 bits per heavy atom. The summed E-state index contributed by atoms with van der Waals surface area (Å²) in [5.41, 5.74) is -0.318. The molecule has 2 aliphatic rings. The van der Waals surface area contributed by atoms with Gasteiger partial charge in [-0.25, -0.2) is 14.2 Å². The Hall–Kier alpha value is -2.39. The Morgan fingerprint density at radius 2 is 1.97 bits per heavy atom. The van der Waals surface area contributed by atoms with Gasteiger partial charge in [0.25, 0.3) is 5.91 Å². The molecular formula is C21H24N4O3S2. The highest BCUT2D eigenvalue weighted by molar-refractivity contribution is 8.14. The van der Waals surface area contributed by atoms with Crippen LogP contribution in [-0.2, 0) is 5.54 Å². The summed E-state index contributed by atoms with van der Waals surface area (Å²) in [4.78, 5) is 32.0. The zero-order valence-electron chi connectivity index (χ0n) is 17.0. The molecule has 1 aromatic heterocycles. The lowest BCUT2D eigenvalue weighted by atomic mass is 9.75. The van der Waals surface area contributed by atoms with Crippen molar-refractivity contribution in [3.05, 3.63) is 53.0 Å². The molecule has 2 aliphatic heterocycles. The van der Waals surface area contributed by atoms with Crippen molar-refractivity contribution in [1.82, 2.24) is 14.6 Å². The third kappa shape index (κ3) is 3.72. The number of hydrogen-bond acceptors (Lipinski definition) is 6. The summed E-state index contributed by atoms with van der Waals surface area (Å²) < 4.78 is 4.26. The number of benzene rings is 1. The van der Waals surface area contributed by atoms with Gasteiger partial charge in [-0.05, 0) is 35.1 Å². The van der Waals surface area contributed by atoms with Crippen LogP contribution in [-0.4, -0.2) is 49.9 Å². The second-order valence-electron chi connectivity index (χ2n) is 8.71. The summed E-state index contributed by atoms with van der Waals surface area (Å²) in [6, 6.07) is 10.9. The van der Waals surface area contributed by atoms with E-state index in [0.29, 0.717) is 17.3 Å². The van der Waals surface area contributed by atoms with Gasteiger partial charge in [-0.15, -0.1) is 0 Å². The number of hydrogen-bond donors (Lipinski definition) is 2. The van der Waals surface area contributed by atoms with Gasteiger partial charge in [0.05, 0.1) is 11.4 Å². The minimum absolute atomic E-state index is 0.0172. The van der Waals surface area contributed by atoms with Crippen LogP contribution in [0.4, 0.5) is 4.79 Å². The molecule has 30 heavy (non-hydrogen) atoms. The molecule has 0 saturated carbocycles. The van der Waals surface area contributed by atoms with Crippen molar-refractivity contribution in [1.29, 1.82) is 0 Å². The van der Waals surface area contributed by atoms with Crippen LogP contribution in [0.15, 0.2) is 47.6 Å². The summed E-state index contributed by atoms with van der Waals surface area (Å²) in [6.45, 7) is 7.10. The molecule has 1 aromatic carbocycles. The van der Waals surface area contributed by atoms with E-state index < -0.39 is 11.6 Å². The number of amidine groups is 1. The highest BCUT2D eigenvalue weighted by atomic mass is 32.2. The van der Waals surface area contributed by atoms with Gasteiger partial charge in [0.1, 0.15) is 5.54 Å². The summed E-state index contributed by atoms with van der Waals surface area (Å²) in [5, 5.41) is 13.3. The maximum Gasteiger partial charge on any atom is 0.407 e. The Kier molecular flexibility index (Phi) is 5.36. The zero-order valence-corrected chi connectivity index (χ0v) is 18.7. The van der Waals surface area contributed by atoms with Gasteiger partial charge in [0, 0.05) is 29.5 Å². The number of aromatic nitrogens is 1. The fraction of sp³-hybridized carbons (Fsp3) is 0.429. The number of carbonyl (C=O) groups excluding carboxylic acids is 1. The van der Waals surface area contributed by atoms with E-state index in [1.165, 1.54) is 28.2 Å². The van der Waals surface area contributed by atoms with Crippen molar-refractivity contribution in [3.63, 3.8) is 0 Å². The topological polar surface area (TPSA) is 94.9 Å². The second-order valence-corrected chi connectivity index (χ2v) is 10.7. The molecule has 7 nitrogen and oxygen atoms in total. The van der Waals surface area contributed by atoms with Gasteiger partial charge in [0.15, 0.2) is 5.17 Å². The Bertz CT molecular complexity index is 972. The molecule has 2 amide bonds. The van der Waals surface area contributed by atoms with Gasteiger partial charge in [-0.1, -0.05) is 50.7 Å². The van der Waals surface area contributed by atoms with E-state index in [1.807, 2.05) is 24.3 Å². The van der Waals surface area contributed by atoms with Gasteiger partial charge in [-0.3, -0.25) is 4.79 Å². The molecule has 4 rings (SSSR count). The van der Waals surface area contributed by atoms with Gasteiger partial charge >= 0.3 is 6.09 Å². The number of nitrogens with zero attached hydrogens (tertiary/aromatic N) is 3. The number of carboxylic acid groups (broad SMARTS) is 1. The van der Waals surface area contributed by atoms with E-state index in [0.717, 1.165) is 4.88 Å². The predicted octanol–water partition coefficient (Wildman–Crippen LogP) is 3.90. The summed E-state index contributed by atoms with van der Waals surface area (Å²) in [6.07, 6.45) is 0.775. The lowest BCUT2D eigenvalue weighted by Crippen LogP contribution is -2.49. The molecule has 0 radical (unpaired) electrons. The average molecular weight is 445 g/mol. The molecule has 0 bridgehead atoms. The van der Waals surface area contributed by atoms with E-state index in [9.17, 15) is 14.7 Å². The fourth-order valence-electron chi connectivity index (χ4n) is 4.23. The average Bonchev–Trinajstić information content (AvgIpc) is 3.36. The molecule has 1 fully saturated rings. The zero-order chi connectivity index (χ0) is 21.5. The molecule has 3 heterocycles. The van der Waals surface area contributed by atoms with Crippen molar-refractivity contribution in [2.45, 2.75) is 31.6 Å². The largest absolute Gasteiger partial charge is 0.465 e. The molecule has 0 aliphatic carbocycles. The van der Waals surface area contributed by atoms with Crippen molar-refractivity contribution in [3.8, 4) is 0 Å². The standard InChI is InChI=1S/C21H24N4O3S2/c1-20(2,3)16-14-11-25(19(27)28)12-21(14,15-9-10-22-30-15)24-18(29-16)23-17(26)13-7-5-4-6-8-13/h4-10,14,16H,11-12H2,1-3H3,(H,27,28)(H,23,24,26)/t14-,16?,21-/m0/s1. The molecule has 2 aromatic rings.